The number of piperazine rings is 1. The lowest BCUT2D eigenvalue weighted by molar-refractivity contribution is -0.146. The van der Waals surface area contributed by atoms with Crippen LogP contribution in [-0.4, -0.2) is 67.2 Å². The van der Waals surface area contributed by atoms with E-state index in [4.69, 9.17) is 0 Å². The number of hydrogen-bond acceptors (Lipinski definition) is 4. The lowest BCUT2D eigenvalue weighted by Gasteiger charge is -2.37. The normalized spacial score (nSPS) is 27.6. The van der Waals surface area contributed by atoms with Gasteiger partial charge in [-0.1, -0.05) is 6.92 Å². The standard InChI is InChI=1S/C11H18N2O4S/c1-2-10(14)12-4-5-13(11(15)7-12)9-3-6-18(16,17)8-9/h9H,2-8H2,1H3/t9-/m1/s1. The van der Waals surface area contributed by atoms with E-state index in [0.29, 0.717) is 25.9 Å². The Balaban J connectivity index is 1.98. The van der Waals surface area contributed by atoms with Crippen LogP contribution in [0.25, 0.3) is 0 Å². The largest absolute Gasteiger partial charge is 0.335 e. The molecule has 1 atom stereocenters. The first-order valence-corrected chi connectivity index (χ1v) is 8.03. The summed E-state index contributed by atoms with van der Waals surface area (Å²) in [5, 5.41) is 0. The summed E-state index contributed by atoms with van der Waals surface area (Å²) in [6.07, 6.45) is 0.918. The molecule has 2 aliphatic heterocycles. The van der Waals surface area contributed by atoms with Crippen molar-refractivity contribution < 1.29 is 18.0 Å². The maximum atomic E-state index is 12.0. The van der Waals surface area contributed by atoms with Crippen molar-refractivity contribution in [1.29, 1.82) is 0 Å². The molecule has 2 saturated heterocycles. The SMILES string of the molecule is CCC(=O)N1CCN([C@@H]2CCS(=O)(=O)C2)C(=O)C1. The summed E-state index contributed by atoms with van der Waals surface area (Å²) in [7, 11) is -2.98. The Hall–Kier alpha value is -1.11. The van der Waals surface area contributed by atoms with E-state index in [1.165, 1.54) is 0 Å². The minimum absolute atomic E-state index is 0.0259. The van der Waals surface area contributed by atoms with Gasteiger partial charge in [-0.15, -0.1) is 0 Å². The molecular formula is C11H18N2O4S. The molecule has 0 bridgehead atoms. The summed E-state index contributed by atoms with van der Waals surface area (Å²) < 4.78 is 22.8. The van der Waals surface area contributed by atoms with Crippen LogP contribution in [0.2, 0.25) is 0 Å². The van der Waals surface area contributed by atoms with E-state index in [2.05, 4.69) is 0 Å². The second-order valence-corrected chi connectivity index (χ2v) is 7.04. The molecule has 18 heavy (non-hydrogen) atoms. The topological polar surface area (TPSA) is 74.8 Å². The lowest BCUT2D eigenvalue weighted by atomic mass is 10.2. The molecule has 2 amide bonds. The van der Waals surface area contributed by atoms with Gasteiger partial charge in [-0.25, -0.2) is 8.42 Å². The highest BCUT2D eigenvalue weighted by molar-refractivity contribution is 7.91. The zero-order chi connectivity index (χ0) is 13.3. The molecule has 0 spiro atoms. The van der Waals surface area contributed by atoms with Gasteiger partial charge < -0.3 is 9.80 Å². The van der Waals surface area contributed by atoms with Crippen LogP contribution in [0.5, 0.6) is 0 Å². The highest BCUT2D eigenvalue weighted by Gasteiger charge is 2.37. The molecule has 0 N–H and O–H groups in total. The smallest absolute Gasteiger partial charge is 0.242 e. The summed E-state index contributed by atoms with van der Waals surface area (Å²) in [5.74, 6) is 0.0756. The number of carbonyl (C=O) groups excluding carboxylic acids is 2. The molecule has 0 aromatic carbocycles. The van der Waals surface area contributed by atoms with Gasteiger partial charge in [-0.2, -0.15) is 0 Å². The first-order valence-electron chi connectivity index (χ1n) is 6.20. The van der Waals surface area contributed by atoms with Gasteiger partial charge >= 0.3 is 0 Å². The van der Waals surface area contributed by atoms with Crippen molar-refractivity contribution in [2.75, 3.05) is 31.1 Å². The van der Waals surface area contributed by atoms with E-state index in [1.54, 1.807) is 16.7 Å². The van der Waals surface area contributed by atoms with Gasteiger partial charge in [0.25, 0.3) is 0 Å². The van der Waals surface area contributed by atoms with Crippen molar-refractivity contribution in [2.24, 2.45) is 0 Å². The highest BCUT2D eigenvalue weighted by atomic mass is 32.2. The van der Waals surface area contributed by atoms with Gasteiger partial charge in [-0.3, -0.25) is 9.59 Å². The summed E-state index contributed by atoms with van der Waals surface area (Å²) in [4.78, 5) is 26.6. The van der Waals surface area contributed by atoms with Gasteiger partial charge in [0.2, 0.25) is 11.8 Å². The Morgan fingerprint density at radius 2 is 2.11 bits per heavy atom. The molecule has 0 saturated carbocycles. The molecule has 2 heterocycles. The summed E-state index contributed by atoms with van der Waals surface area (Å²) in [6.45, 7) is 2.81. The van der Waals surface area contributed by atoms with Crippen molar-refractivity contribution in [2.45, 2.75) is 25.8 Å². The van der Waals surface area contributed by atoms with Crippen molar-refractivity contribution in [3.63, 3.8) is 0 Å². The van der Waals surface area contributed by atoms with Crippen molar-refractivity contribution >= 4 is 21.7 Å². The van der Waals surface area contributed by atoms with Gasteiger partial charge in [0, 0.05) is 25.6 Å². The third-order valence-corrected chi connectivity index (χ3v) is 5.31. The molecule has 0 aromatic rings. The molecule has 102 valence electrons. The molecule has 2 fully saturated rings. The molecule has 2 aliphatic rings. The molecule has 0 radical (unpaired) electrons. The van der Waals surface area contributed by atoms with Gasteiger partial charge in [0.05, 0.1) is 18.1 Å². The second-order valence-electron chi connectivity index (χ2n) is 4.81. The number of rotatable bonds is 2. The zero-order valence-corrected chi connectivity index (χ0v) is 11.3. The van der Waals surface area contributed by atoms with Crippen LogP contribution >= 0.6 is 0 Å². The van der Waals surface area contributed by atoms with Crippen LogP contribution in [0, 0.1) is 0 Å². The van der Waals surface area contributed by atoms with E-state index in [9.17, 15) is 18.0 Å². The molecule has 2 rings (SSSR count). The molecular weight excluding hydrogens is 256 g/mol. The third kappa shape index (κ3) is 2.66. The van der Waals surface area contributed by atoms with Crippen LogP contribution < -0.4 is 0 Å². The summed E-state index contributed by atoms with van der Waals surface area (Å²) in [6, 6.07) is -0.193. The Labute approximate surface area is 107 Å². The van der Waals surface area contributed by atoms with E-state index >= 15 is 0 Å². The number of amides is 2. The number of carbonyl (C=O) groups is 2. The fraction of sp³-hybridized carbons (Fsp3) is 0.818. The predicted molar refractivity (Wildman–Crippen MR) is 65.6 cm³/mol. The molecule has 7 heteroatoms. The first-order chi connectivity index (χ1) is 8.43. The van der Waals surface area contributed by atoms with Crippen LogP contribution in [0.15, 0.2) is 0 Å². The Morgan fingerprint density at radius 3 is 2.61 bits per heavy atom. The summed E-state index contributed by atoms with van der Waals surface area (Å²) in [5.41, 5.74) is 0. The number of hydrogen-bond donors (Lipinski definition) is 0. The Kier molecular flexibility index (Phi) is 3.61. The fourth-order valence-electron chi connectivity index (χ4n) is 2.53. The van der Waals surface area contributed by atoms with Crippen molar-refractivity contribution in [1.82, 2.24) is 9.80 Å². The molecule has 0 aromatic heterocycles. The van der Waals surface area contributed by atoms with Crippen LogP contribution in [-0.2, 0) is 19.4 Å². The molecule has 0 unspecified atom stereocenters. The Morgan fingerprint density at radius 1 is 1.39 bits per heavy atom. The van der Waals surface area contributed by atoms with E-state index in [1.807, 2.05) is 0 Å². The van der Waals surface area contributed by atoms with Crippen LogP contribution in [0.3, 0.4) is 0 Å². The predicted octanol–water partition coefficient (Wildman–Crippen LogP) is -0.746. The zero-order valence-electron chi connectivity index (χ0n) is 10.5. The van der Waals surface area contributed by atoms with E-state index in [-0.39, 0.29) is 35.9 Å². The molecule has 0 aliphatic carbocycles. The number of sulfone groups is 1. The maximum absolute atomic E-state index is 12.0. The van der Waals surface area contributed by atoms with Gasteiger partial charge in [-0.05, 0) is 6.42 Å². The third-order valence-electron chi connectivity index (χ3n) is 3.56. The fourth-order valence-corrected chi connectivity index (χ4v) is 4.26. The minimum Gasteiger partial charge on any atom is -0.335 e. The first kappa shape index (κ1) is 13.3. The quantitative estimate of drug-likeness (QED) is 0.664. The average Bonchev–Trinajstić information content (AvgIpc) is 2.68. The molecule has 6 nitrogen and oxygen atoms in total. The van der Waals surface area contributed by atoms with Gasteiger partial charge in [0.1, 0.15) is 0 Å². The second kappa shape index (κ2) is 4.87. The monoisotopic (exact) mass is 274 g/mol. The van der Waals surface area contributed by atoms with Gasteiger partial charge in [0.15, 0.2) is 9.84 Å². The highest BCUT2D eigenvalue weighted by Crippen LogP contribution is 2.20. The van der Waals surface area contributed by atoms with E-state index < -0.39 is 9.84 Å². The lowest BCUT2D eigenvalue weighted by Crippen LogP contribution is -2.55. The maximum Gasteiger partial charge on any atom is 0.242 e. The average molecular weight is 274 g/mol. The summed E-state index contributed by atoms with van der Waals surface area (Å²) >= 11 is 0. The van der Waals surface area contributed by atoms with E-state index in [0.717, 1.165) is 0 Å². The van der Waals surface area contributed by atoms with Crippen molar-refractivity contribution in [3.05, 3.63) is 0 Å². The van der Waals surface area contributed by atoms with Crippen molar-refractivity contribution in [3.8, 4) is 0 Å². The van der Waals surface area contributed by atoms with Crippen LogP contribution in [0.4, 0.5) is 0 Å². The number of nitrogens with zero attached hydrogens (tertiary/aromatic N) is 2. The minimum atomic E-state index is -2.98. The Bertz CT molecular complexity index is 460. The van der Waals surface area contributed by atoms with Crippen LogP contribution in [0.1, 0.15) is 19.8 Å².